The Morgan fingerprint density at radius 3 is 2.17 bits per heavy atom. The van der Waals surface area contributed by atoms with Crippen LogP contribution >= 0.6 is 23.4 Å². The van der Waals surface area contributed by atoms with Crippen LogP contribution in [0, 0.1) is 27.7 Å². The molecule has 0 N–H and O–H groups in total. The minimum atomic E-state index is 0.443. The van der Waals surface area contributed by atoms with Crippen LogP contribution in [-0.4, -0.2) is 20.2 Å². The Balaban J connectivity index is 2.37. The van der Waals surface area contributed by atoms with E-state index in [4.69, 9.17) is 11.6 Å². The highest BCUT2D eigenvalue weighted by Gasteiger charge is 2.11. The van der Waals surface area contributed by atoms with Gasteiger partial charge in [-0.15, -0.1) is 10.2 Å². The minimum Gasteiger partial charge on any atom is -0.228 e. The lowest BCUT2D eigenvalue weighted by Crippen LogP contribution is -1.98. The van der Waals surface area contributed by atoms with Gasteiger partial charge < -0.3 is 0 Å². The van der Waals surface area contributed by atoms with Gasteiger partial charge in [0.05, 0.1) is 0 Å². The third-order valence-corrected chi connectivity index (χ3v) is 3.88. The van der Waals surface area contributed by atoms with Crippen LogP contribution < -0.4 is 0 Å². The first-order valence-electron chi connectivity index (χ1n) is 5.47. The first kappa shape index (κ1) is 13.2. The second kappa shape index (κ2) is 5.20. The molecule has 0 aliphatic rings. The van der Waals surface area contributed by atoms with Gasteiger partial charge >= 0.3 is 0 Å². The second-order valence-corrected chi connectivity index (χ2v) is 5.40. The molecule has 0 bridgehead atoms. The molecule has 0 aliphatic heterocycles. The molecule has 94 valence electrons. The zero-order valence-electron chi connectivity index (χ0n) is 10.7. The molecule has 0 radical (unpaired) electrons. The van der Waals surface area contributed by atoms with Crippen LogP contribution in [0.3, 0.4) is 0 Å². The summed E-state index contributed by atoms with van der Waals surface area (Å²) in [5.74, 6) is 0. The maximum absolute atomic E-state index is 5.93. The van der Waals surface area contributed by atoms with E-state index in [0.717, 1.165) is 27.5 Å². The molecule has 0 aliphatic carbocycles. The third-order valence-electron chi connectivity index (χ3n) is 2.57. The van der Waals surface area contributed by atoms with Crippen molar-refractivity contribution in [1.29, 1.82) is 0 Å². The minimum absolute atomic E-state index is 0.443. The zero-order chi connectivity index (χ0) is 13.3. The van der Waals surface area contributed by atoms with Crippen LogP contribution in [0.1, 0.15) is 22.5 Å². The van der Waals surface area contributed by atoms with Crippen molar-refractivity contribution in [2.45, 2.75) is 37.9 Å². The summed E-state index contributed by atoms with van der Waals surface area (Å²) in [6.45, 7) is 7.80. The van der Waals surface area contributed by atoms with Gasteiger partial charge in [-0.1, -0.05) is 11.6 Å². The fourth-order valence-corrected chi connectivity index (χ4v) is 2.60. The maximum Gasteiger partial charge on any atom is 0.194 e. The van der Waals surface area contributed by atoms with Gasteiger partial charge in [-0.2, -0.15) is 0 Å². The molecule has 6 heteroatoms. The molecule has 2 rings (SSSR count). The van der Waals surface area contributed by atoms with E-state index in [9.17, 15) is 0 Å². The largest absolute Gasteiger partial charge is 0.228 e. The molecule has 0 spiro atoms. The molecule has 0 saturated carbocycles. The Bertz CT molecular complexity index is 581. The van der Waals surface area contributed by atoms with E-state index < -0.39 is 0 Å². The number of nitrogens with zero attached hydrogens (tertiary/aromatic N) is 4. The highest BCUT2D eigenvalue weighted by molar-refractivity contribution is 7.99. The molecule has 0 saturated heterocycles. The van der Waals surface area contributed by atoms with E-state index in [0.29, 0.717) is 10.3 Å². The highest BCUT2D eigenvalue weighted by Crippen LogP contribution is 2.29. The molecule has 2 aromatic rings. The molecular weight excluding hydrogens is 268 g/mol. The van der Waals surface area contributed by atoms with Crippen LogP contribution in [0.25, 0.3) is 0 Å². The number of halogens is 1. The van der Waals surface area contributed by atoms with Crippen molar-refractivity contribution in [2.24, 2.45) is 0 Å². The average molecular weight is 281 g/mol. The summed E-state index contributed by atoms with van der Waals surface area (Å²) in [6, 6.07) is 1.94. The van der Waals surface area contributed by atoms with Crippen molar-refractivity contribution in [2.75, 3.05) is 0 Å². The first-order valence-corrected chi connectivity index (χ1v) is 6.66. The predicted octanol–water partition coefficient (Wildman–Crippen LogP) is 3.30. The van der Waals surface area contributed by atoms with E-state index in [1.54, 1.807) is 0 Å². The van der Waals surface area contributed by atoms with Crippen LogP contribution in [0.5, 0.6) is 0 Å². The van der Waals surface area contributed by atoms with Crippen molar-refractivity contribution in [3.8, 4) is 0 Å². The molecule has 0 fully saturated rings. The summed E-state index contributed by atoms with van der Waals surface area (Å²) in [7, 11) is 0. The fourth-order valence-electron chi connectivity index (χ4n) is 1.48. The fraction of sp³-hybridized carbons (Fsp3) is 0.333. The lowest BCUT2D eigenvalue weighted by molar-refractivity contribution is 0.867. The molecule has 2 heterocycles. The topological polar surface area (TPSA) is 51.6 Å². The van der Waals surface area contributed by atoms with E-state index in [-0.39, 0.29) is 0 Å². The zero-order valence-corrected chi connectivity index (χ0v) is 12.2. The lowest BCUT2D eigenvalue weighted by atomic mass is 10.2. The predicted molar refractivity (Wildman–Crippen MR) is 72.1 cm³/mol. The standard InChI is InChI=1S/C12H13ClN4S/c1-6-5-7(2)15-12(14-6)18-11-9(4)8(3)10(13)16-17-11/h5H,1-4H3. The summed E-state index contributed by atoms with van der Waals surface area (Å²) in [4.78, 5) is 8.75. The summed E-state index contributed by atoms with van der Waals surface area (Å²) in [5.41, 5.74) is 3.85. The van der Waals surface area contributed by atoms with Gasteiger partial charge in [0.15, 0.2) is 10.3 Å². The van der Waals surface area contributed by atoms with E-state index >= 15 is 0 Å². The molecule has 0 unspecified atom stereocenters. The molecule has 0 aromatic carbocycles. The smallest absolute Gasteiger partial charge is 0.194 e. The Labute approximate surface area is 115 Å². The van der Waals surface area contributed by atoms with E-state index in [1.807, 2.05) is 33.8 Å². The quantitative estimate of drug-likeness (QED) is 0.790. The van der Waals surface area contributed by atoms with Crippen molar-refractivity contribution < 1.29 is 0 Å². The van der Waals surface area contributed by atoms with Crippen molar-refractivity contribution in [1.82, 2.24) is 20.2 Å². The van der Waals surface area contributed by atoms with Gasteiger partial charge in [0, 0.05) is 11.4 Å². The van der Waals surface area contributed by atoms with Crippen LogP contribution in [0.4, 0.5) is 0 Å². The average Bonchev–Trinajstić information content (AvgIpc) is 2.29. The van der Waals surface area contributed by atoms with Gasteiger partial charge in [-0.25, -0.2) is 9.97 Å². The van der Waals surface area contributed by atoms with E-state index in [1.165, 1.54) is 11.8 Å². The van der Waals surface area contributed by atoms with Crippen molar-refractivity contribution in [3.05, 3.63) is 33.7 Å². The number of rotatable bonds is 2. The van der Waals surface area contributed by atoms with E-state index in [2.05, 4.69) is 20.2 Å². The Kier molecular flexibility index (Phi) is 3.82. The SMILES string of the molecule is Cc1cc(C)nc(Sc2nnc(Cl)c(C)c2C)n1. The lowest BCUT2D eigenvalue weighted by Gasteiger charge is -2.07. The summed E-state index contributed by atoms with van der Waals surface area (Å²) in [5, 5.41) is 9.94. The molecular formula is C12H13ClN4S. The number of hydrogen-bond acceptors (Lipinski definition) is 5. The van der Waals surface area contributed by atoms with Gasteiger partial charge in [0.1, 0.15) is 5.03 Å². The highest BCUT2D eigenvalue weighted by atomic mass is 35.5. The van der Waals surface area contributed by atoms with Gasteiger partial charge in [0.2, 0.25) is 0 Å². The molecule has 0 amide bonds. The summed E-state index contributed by atoms with van der Waals surface area (Å²) in [6.07, 6.45) is 0. The molecule has 4 nitrogen and oxygen atoms in total. The van der Waals surface area contributed by atoms with Crippen molar-refractivity contribution >= 4 is 23.4 Å². The Morgan fingerprint density at radius 2 is 1.56 bits per heavy atom. The summed E-state index contributed by atoms with van der Waals surface area (Å²) >= 11 is 7.34. The Morgan fingerprint density at radius 1 is 0.944 bits per heavy atom. The normalized spacial score (nSPS) is 10.7. The third kappa shape index (κ3) is 2.79. The molecule has 0 atom stereocenters. The second-order valence-electron chi connectivity index (χ2n) is 4.08. The van der Waals surface area contributed by atoms with Crippen LogP contribution in [0.15, 0.2) is 16.2 Å². The number of hydrogen-bond donors (Lipinski definition) is 0. The first-order chi connectivity index (χ1) is 8.47. The van der Waals surface area contributed by atoms with Crippen LogP contribution in [-0.2, 0) is 0 Å². The number of aryl methyl sites for hydroxylation is 2. The van der Waals surface area contributed by atoms with Gasteiger partial charge in [-0.3, -0.25) is 0 Å². The van der Waals surface area contributed by atoms with Crippen molar-refractivity contribution in [3.63, 3.8) is 0 Å². The monoisotopic (exact) mass is 280 g/mol. The Hall–Kier alpha value is -1.20. The number of aromatic nitrogens is 4. The van der Waals surface area contributed by atoms with Gasteiger partial charge in [-0.05, 0) is 56.7 Å². The van der Waals surface area contributed by atoms with Crippen LogP contribution in [0.2, 0.25) is 5.15 Å². The molecule has 18 heavy (non-hydrogen) atoms. The van der Waals surface area contributed by atoms with Gasteiger partial charge in [0.25, 0.3) is 0 Å². The maximum atomic E-state index is 5.93. The molecule has 2 aromatic heterocycles. The summed E-state index contributed by atoms with van der Waals surface area (Å²) < 4.78 is 0.